The van der Waals surface area contributed by atoms with Crippen LogP contribution in [0.4, 0.5) is 0 Å². The molecule has 0 aliphatic rings. The number of rotatable bonds is 15. The average molecular weight is 305 g/mol. The molecule has 0 unspecified atom stereocenters. The van der Waals surface area contributed by atoms with Gasteiger partial charge in [-0.2, -0.15) is 0 Å². The van der Waals surface area contributed by atoms with E-state index in [1.54, 1.807) is 6.92 Å². The Kier molecular flexibility index (Phi) is 17.0. The fourth-order valence-electron chi connectivity index (χ4n) is 2.35. The molecule has 0 fully saturated rings. The van der Waals surface area contributed by atoms with Crippen LogP contribution in [0.15, 0.2) is 36.5 Å². The summed E-state index contributed by atoms with van der Waals surface area (Å²) in [5.74, 6) is 0.332. The Morgan fingerprint density at radius 3 is 1.77 bits per heavy atom. The van der Waals surface area contributed by atoms with Gasteiger partial charge < -0.3 is 4.79 Å². The number of unbranched alkanes of at least 4 members (excludes halogenated alkanes) is 7. The zero-order valence-electron chi connectivity index (χ0n) is 14.9. The highest BCUT2D eigenvalue weighted by molar-refractivity contribution is 5.75. The molecule has 0 spiro atoms. The van der Waals surface area contributed by atoms with Crippen LogP contribution < -0.4 is 0 Å². The van der Waals surface area contributed by atoms with E-state index in [0.717, 1.165) is 32.1 Å². The van der Waals surface area contributed by atoms with E-state index >= 15 is 0 Å². The predicted octanol–water partition coefficient (Wildman–Crippen LogP) is 6.95. The maximum atomic E-state index is 10.8. The lowest BCUT2D eigenvalue weighted by atomic mass is 10.1. The van der Waals surface area contributed by atoms with E-state index in [-0.39, 0.29) is 0 Å². The molecule has 0 bridgehead atoms. The molecule has 0 saturated carbocycles. The number of carbonyl (C=O) groups excluding carboxylic acids is 1. The lowest BCUT2D eigenvalue weighted by Crippen LogP contribution is -1.89. The first-order valence-corrected chi connectivity index (χ1v) is 9.21. The quantitative estimate of drug-likeness (QED) is 0.236. The highest BCUT2D eigenvalue weighted by Crippen LogP contribution is 2.10. The Morgan fingerprint density at radius 1 is 0.682 bits per heavy atom. The van der Waals surface area contributed by atoms with E-state index < -0.39 is 0 Å². The third-order valence-corrected chi connectivity index (χ3v) is 3.68. The van der Waals surface area contributed by atoms with E-state index in [4.69, 9.17) is 0 Å². The van der Waals surface area contributed by atoms with Gasteiger partial charge in [0.2, 0.25) is 0 Å². The van der Waals surface area contributed by atoms with Gasteiger partial charge in [0.05, 0.1) is 0 Å². The number of hydrogen-bond acceptors (Lipinski definition) is 1. The Labute approximate surface area is 138 Å². The van der Waals surface area contributed by atoms with Crippen LogP contribution in [-0.2, 0) is 4.79 Å². The summed E-state index contributed by atoms with van der Waals surface area (Å²) >= 11 is 0. The minimum atomic E-state index is 0.332. The Balaban J connectivity index is 3.20. The predicted molar refractivity (Wildman–Crippen MR) is 99.2 cm³/mol. The molecular formula is C21H36O. The van der Waals surface area contributed by atoms with Crippen LogP contribution in [0.3, 0.4) is 0 Å². The second kappa shape index (κ2) is 17.9. The SMILES string of the molecule is CC/C=C\C/C=C\C/C=C\CCCCCCCCCC(C)=O. The Morgan fingerprint density at radius 2 is 1.18 bits per heavy atom. The monoisotopic (exact) mass is 304 g/mol. The van der Waals surface area contributed by atoms with Crippen molar-refractivity contribution in [1.82, 2.24) is 0 Å². The molecule has 0 aromatic rings. The van der Waals surface area contributed by atoms with Crippen molar-refractivity contribution in [1.29, 1.82) is 0 Å². The first-order chi connectivity index (χ1) is 10.8. The molecule has 0 rings (SSSR count). The smallest absolute Gasteiger partial charge is 0.129 e. The molecule has 0 heterocycles. The first-order valence-electron chi connectivity index (χ1n) is 9.21. The molecule has 0 saturated heterocycles. The fraction of sp³-hybridized carbons (Fsp3) is 0.667. The second-order valence-electron chi connectivity index (χ2n) is 6.01. The van der Waals surface area contributed by atoms with Crippen LogP contribution in [0.5, 0.6) is 0 Å². The van der Waals surface area contributed by atoms with Gasteiger partial charge in [0.1, 0.15) is 5.78 Å². The fourth-order valence-corrected chi connectivity index (χ4v) is 2.35. The summed E-state index contributed by atoms with van der Waals surface area (Å²) in [6.07, 6.45) is 27.7. The van der Waals surface area contributed by atoms with Gasteiger partial charge in [-0.25, -0.2) is 0 Å². The molecule has 1 nitrogen and oxygen atoms in total. The van der Waals surface area contributed by atoms with Crippen molar-refractivity contribution in [2.75, 3.05) is 0 Å². The summed E-state index contributed by atoms with van der Waals surface area (Å²) < 4.78 is 0. The van der Waals surface area contributed by atoms with Crippen LogP contribution in [0, 0.1) is 0 Å². The van der Waals surface area contributed by atoms with Gasteiger partial charge in [-0.05, 0) is 45.4 Å². The number of carbonyl (C=O) groups is 1. The van der Waals surface area contributed by atoms with Gasteiger partial charge in [0.25, 0.3) is 0 Å². The molecule has 0 aliphatic heterocycles. The summed E-state index contributed by atoms with van der Waals surface area (Å²) in [6, 6.07) is 0. The average Bonchev–Trinajstić information content (AvgIpc) is 2.50. The number of hydrogen-bond donors (Lipinski definition) is 0. The molecule has 22 heavy (non-hydrogen) atoms. The maximum Gasteiger partial charge on any atom is 0.129 e. The summed E-state index contributed by atoms with van der Waals surface area (Å²) in [5, 5.41) is 0. The van der Waals surface area contributed by atoms with Crippen LogP contribution >= 0.6 is 0 Å². The lowest BCUT2D eigenvalue weighted by molar-refractivity contribution is -0.117. The van der Waals surface area contributed by atoms with E-state index in [9.17, 15) is 4.79 Å². The largest absolute Gasteiger partial charge is 0.300 e. The molecule has 0 aromatic heterocycles. The minimum absolute atomic E-state index is 0.332. The van der Waals surface area contributed by atoms with Crippen molar-refractivity contribution in [2.24, 2.45) is 0 Å². The van der Waals surface area contributed by atoms with Crippen molar-refractivity contribution < 1.29 is 4.79 Å². The minimum Gasteiger partial charge on any atom is -0.300 e. The third kappa shape index (κ3) is 18.9. The van der Waals surface area contributed by atoms with E-state index in [1.165, 1.54) is 44.9 Å². The number of Topliss-reactive ketones (excluding diaryl/α,β-unsaturated/α-hetero) is 1. The molecule has 0 radical (unpaired) electrons. The molecule has 0 atom stereocenters. The second-order valence-corrected chi connectivity index (χ2v) is 6.01. The normalized spacial score (nSPS) is 12.1. The van der Waals surface area contributed by atoms with Gasteiger partial charge in [-0.15, -0.1) is 0 Å². The van der Waals surface area contributed by atoms with Crippen molar-refractivity contribution >= 4 is 5.78 Å². The van der Waals surface area contributed by atoms with Gasteiger partial charge in [-0.1, -0.05) is 75.5 Å². The van der Waals surface area contributed by atoms with Gasteiger partial charge in [0.15, 0.2) is 0 Å². The van der Waals surface area contributed by atoms with Gasteiger partial charge in [0, 0.05) is 6.42 Å². The zero-order valence-corrected chi connectivity index (χ0v) is 14.9. The highest BCUT2D eigenvalue weighted by atomic mass is 16.1. The molecule has 0 aliphatic carbocycles. The van der Waals surface area contributed by atoms with E-state index in [1.807, 2.05) is 0 Å². The van der Waals surface area contributed by atoms with Crippen LogP contribution in [0.1, 0.15) is 90.9 Å². The van der Waals surface area contributed by atoms with Crippen LogP contribution in [0.2, 0.25) is 0 Å². The van der Waals surface area contributed by atoms with Gasteiger partial charge in [-0.3, -0.25) is 0 Å². The summed E-state index contributed by atoms with van der Waals surface area (Å²) in [6.45, 7) is 3.85. The van der Waals surface area contributed by atoms with Gasteiger partial charge >= 0.3 is 0 Å². The summed E-state index contributed by atoms with van der Waals surface area (Å²) in [7, 11) is 0. The van der Waals surface area contributed by atoms with Crippen LogP contribution in [0.25, 0.3) is 0 Å². The lowest BCUT2D eigenvalue weighted by Gasteiger charge is -2.00. The highest BCUT2D eigenvalue weighted by Gasteiger charge is 1.94. The number of allylic oxidation sites excluding steroid dienone is 6. The standard InChI is InChI=1S/C21H36O/c1-3-4-5-6-7-8-9-10-11-12-13-14-15-16-17-18-19-20-21(2)22/h4-5,7-8,10-11H,3,6,9,12-20H2,1-2H3/b5-4-,8-7-,11-10-. The molecular weight excluding hydrogens is 268 g/mol. The van der Waals surface area contributed by atoms with Crippen LogP contribution in [-0.4, -0.2) is 5.78 Å². The van der Waals surface area contributed by atoms with Crippen molar-refractivity contribution in [3.63, 3.8) is 0 Å². The molecule has 0 amide bonds. The van der Waals surface area contributed by atoms with Crippen molar-refractivity contribution in [3.05, 3.63) is 36.5 Å². The number of ketones is 1. The molecule has 126 valence electrons. The first kappa shape index (κ1) is 20.9. The van der Waals surface area contributed by atoms with Crippen molar-refractivity contribution in [2.45, 2.75) is 90.9 Å². The molecule has 1 heteroatoms. The zero-order chi connectivity index (χ0) is 16.3. The van der Waals surface area contributed by atoms with E-state index in [2.05, 4.69) is 43.4 Å². The van der Waals surface area contributed by atoms with E-state index in [0.29, 0.717) is 5.78 Å². The summed E-state index contributed by atoms with van der Waals surface area (Å²) in [5.41, 5.74) is 0. The third-order valence-electron chi connectivity index (χ3n) is 3.68. The van der Waals surface area contributed by atoms with Crippen molar-refractivity contribution in [3.8, 4) is 0 Å². The molecule has 0 aromatic carbocycles. The maximum absolute atomic E-state index is 10.8. The Bertz CT molecular complexity index is 323. The topological polar surface area (TPSA) is 17.1 Å². The summed E-state index contributed by atoms with van der Waals surface area (Å²) in [4.78, 5) is 10.8. The Hall–Kier alpha value is -1.11. The molecule has 0 N–H and O–H groups in total.